The first-order valence-electron chi connectivity index (χ1n) is 7.59. The molecule has 0 aliphatic rings. The molecule has 1 rings (SSSR count). The van der Waals surface area contributed by atoms with Gasteiger partial charge in [-0.25, -0.2) is 13.8 Å². The maximum absolute atomic E-state index is 12.2. The third kappa shape index (κ3) is 9.58. The second-order valence-electron chi connectivity index (χ2n) is 5.00. The van der Waals surface area contributed by atoms with Crippen molar-refractivity contribution < 1.29 is 13.5 Å². The van der Waals surface area contributed by atoms with Crippen molar-refractivity contribution in [3.63, 3.8) is 0 Å². The molecule has 0 saturated carbocycles. The molecule has 1 unspecified atom stereocenters. The predicted octanol–water partition coefficient (Wildman–Crippen LogP) is 3.80. The number of ether oxygens (including phenoxy) is 1. The number of nitrogens with one attached hydrogen (secondary N) is 2. The van der Waals surface area contributed by atoms with E-state index in [4.69, 9.17) is 4.74 Å². The molecule has 0 saturated heterocycles. The van der Waals surface area contributed by atoms with Gasteiger partial charge in [-0.1, -0.05) is 19.1 Å². The number of alkyl halides is 2. The van der Waals surface area contributed by atoms with Gasteiger partial charge >= 0.3 is 0 Å². The summed E-state index contributed by atoms with van der Waals surface area (Å²) in [4.78, 5) is 4.50. The number of benzene rings is 1. The van der Waals surface area contributed by atoms with Gasteiger partial charge in [0.1, 0.15) is 12.4 Å². The van der Waals surface area contributed by atoms with Crippen LogP contribution in [0.2, 0.25) is 0 Å². The van der Waals surface area contributed by atoms with Crippen LogP contribution in [0.3, 0.4) is 0 Å². The molecule has 23 heavy (non-hydrogen) atoms. The Morgan fingerprint density at radius 2 is 2.04 bits per heavy atom. The van der Waals surface area contributed by atoms with E-state index in [1.807, 2.05) is 13.0 Å². The van der Waals surface area contributed by atoms with Crippen molar-refractivity contribution in [2.75, 3.05) is 13.2 Å². The van der Waals surface area contributed by atoms with E-state index in [0.717, 1.165) is 24.5 Å². The van der Waals surface area contributed by atoms with Gasteiger partial charge in [0.05, 0.1) is 6.54 Å². The van der Waals surface area contributed by atoms with E-state index in [1.54, 1.807) is 18.2 Å². The fourth-order valence-electron chi connectivity index (χ4n) is 1.72. The Bertz CT molecular complexity index is 472. The van der Waals surface area contributed by atoms with Gasteiger partial charge in [0.2, 0.25) is 0 Å². The minimum absolute atomic E-state index is 0. The molecule has 0 heterocycles. The van der Waals surface area contributed by atoms with Crippen molar-refractivity contribution in [3.05, 3.63) is 29.8 Å². The number of rotatable bonds is 8. The average Bonchev–Trinajstić information content (AvgIpc) is 2.51. The number of halogens is 3. The predicted molar refractivity (Wildman–Crippen MR) is 101 cm³/mol. The van der Waals surface area contributed by atoms with Crippen LogP contribution in [0.15, 0.2) is 29.3 Å². The van der Waals surface area contributed by atoms with Crippen LogP contribution >= 0.6 is 24.0 Å². The molecule has 0 fully saturated rings. The Morgan fingerprint density at radius 1 is 1.30 bits per heavy atom. The third-order valence-electron chi connectivity index (χ3n) is 3.03. The first-order chi connectivity index (χ1) is 10.5. The third-order valence-corrected chi connectivity index (χ3v) is 3.03. The Balaban J connectivity index is 0.00000484. The fourth-order valence-corrected chi connectivity index (χ4v) is 1.72. The SMILES string of the molecule is CCNC(=NCc1cccc(OCC(F)F)c1)NC(C)CC.I. The highest BCUT2D eigenvalue weighted by molar-refractivity contribution is 14.0. The van der Waals surface area contributed by atoms with Crippen molar-refractivity contribution >= 4 is 29.9 Å². The molecule has 0 bridgehead atoms. The van der Waals surface area contributed by atoms with E-state index in [0.29, 0.717) is 18.3 Å². The van der Waals surface area contributed by atoms with E-state index >= 15 is 0 Å². The van der Waals surface area contributed by atoms with Gasteiger partial charge < -0.3 is 15.4 Å². The molecule has 0 aromatic heterocycles. The lowest BCUT2D eigenvalue weighted by Gasteiger charge is -2.16. The number of hydrogen-bond acceptors (Lipinski definition) is 2. The van der Waals surface area contributed by atoms with E-state index in [9.17, 15) is 8.78 Å². The molecule has 0 spiro atoms. The molecule has 1 atom stereocenters. The Kier molecular flexibility index (Phi) is 11.7. The normalized spacial score (nSPS) is 12.5. The van der Waals surface area contributed by atoms with Gasteiger partial charge in [0.25, 0.3) is 6.43 Å². The molecule has 132 valence electrons. The molecular formula is C16H26F2IN3O. The zero-order chi connectivity index (χ0) is 16.4. The van der Waals surface area contributed by atoms with Gasteiger partial charge in [-0.3, -0.25) is 0 Å². The van der Waals surface area contributed by atoms with E-state index in [2.05, 4.69) is 29.5 Å². The second-order valence-corrected chi connectivity index (χ2v) is 5.00. The highest BCUT2D eigenvalue weighted by atomic mass is 127. The van der Waals surface area contributed by atoms with Gasteiger partial charge in [-0.2, -0.15) is 0 Å². The van der Waals surface area contributed by atoms with Crippen LogP contribution in [0.5, 0.6) is 5.75 Å². The highest BCUT2D eigenvalue weighted by Gasteiger charge is 2.05. The number of aliphatic imine (C=N–C) groups is 1. The zero-order valence-corrected chi connectivity index (χ0v) is 16.1. The summed E-state index contributed by atoms with van der Waals surface area (Å²) in [7, 11) is 0. The fraction of sp³-hybridized carbons (Fsp3) is 0.562. The second kappa shape index (κ2) is 12.3. The van der Waals surface area contributed by atoms with Crippen LogP contribution in [0.1, 0.15) is 32.8 Å². The van der Waals surface area contributed by atoms with Crippen molar-refractivity contribution in [3.8, 4) is 5.75 Å². The van der Waals surface area contributed by atoms with Crippen LogP contribution in [-0.4, -0.2) is 31.6 Å². The van der Waals surface area contributed by atoms with Gasteiger partial charge in [0.15, 0.2) is 5.96 Å². The van der Waals surface area contributed by atoms with Gasteiger partial charge in [-0.15, -0.1) is 24.0 Å². The Hall–Kier alpha value is -1.12. The van der Waals surface area contributed by atoms with E-state index in [-0.39, 0.29) is 24.0 Å². The van der Waals surface area contributed by atoms with Crippen LogP contribution in [0.4, 0.5) is 8.78 Å². The lowest BCUT2D eigenvalue weighted by atomic mass is 10.2. The maximum atomic E-state index is 12.2. The summed E-state index contributed by atoms with van der Waals surface area (Å²) in [6, 6.07) is 7.40. The molecule has 0 amide bonds. The summed E-state index contributed by atoms with van der Waals surface area (Å²) in [5.41, 5.74) is 0.910. The van der Waals surface area contributed by atoms with Crippen LogP contribution in [0, 0.1) is 0 Å². The van der Waals surface area contributed by atoms with Crippen molar-refractivity contribution in [2.45, 2.75) is 46.2 Å². The zero-order valence-electron chi connectivity index (χ0n) is 13.8. The molecule has 4 nitrogen and oxygen atoms in total. The maximum Gasteiger partial charge on any atom is 0.272 e. The first-order valence-corrected chi connectivity index (χ1v) is 7.59. The lowest BCUT2D eigenvalue weighted by molar-refractivity contribution is 0.0818. The van der Waals surface area contributed by atoms with Crippen LogP contribution < -0.4 is 15.4 Å². The molecule has 1 aromatic rings. The topological polar surface area (TPSA) is 45.7 Å². The summed E-state index contributed by atoms with van der Waals surface area (Å²) < 4.78 is 29.3. The quantitative estimate of drug-likeness (QED) is 0.367. The summed E-state index contributed by atoms with van der Waals surface area (Å²) >= 11 is 0. The number of nitrogens with zero attached hydrogens (tertiary/aromatic N) is 1. The molecule has 2 N–H and O–H groups in total. The van der Waals surface area contributed by atoms with Crippen molar-refractivity contribution in [1.29, 1.82) is 0 Å². The molecule has 1 aromatic carbocycles. The molecule has 7 heteroatoms. The molecule has 0 aliphatic heterocycles. The smallest absolute Gasteiger partial charge is 0.272 e. The largest absolute Gasteiger partial charge is 0.488 e. The van der Waals surface area contributed by atoms with Crippen molar-refractivity contribution in [2.24, 2.45) is 4.99 Å². The number of hydrogen-bond donors (Lipinski definition) is 2. The van der Waals surface area contributed by atoms with Gasteiger partial charge in [0, 0.05) is 12.6 Å². The first kappa shape index (κ1) is 21.9. The molecular weight excluding hydrogens is 415 g/mol. The van der Waals surface area contributed by atoms with E-state index < -0.39 is 13.0 Å². The summed E-state index contributed by atoms with van der Waals surface area (Å²) in [6.45, 7) is 6.84. The highest BCUT2D eigenvalue weighted by Crippen LogP contribution is 2.15. The van der Waals surface area contributed by atoms with Crippen LogP contribution in [-0.2, 0) is 6.54 Å². The lowest BCUT2D eigenvalue weighted by Crippen LogP contribution is -2.41. The minimum atomic E-state index is -2.47. The number of guanidine groups is 1. The Morgan fingerprint density at radius 3 is 2.65 bits per heavy atom. The average molecular weight is 441 g/mol. The Labute approximate surface area is 154 Å². The minimum Gasteiger partial charge on any atom is -0.488 e. The van der Waals surface area contributed by atoms with E-state index in [1.165, 1.54) is 0 Å². The monoisotopic (exact) mass is 441 g/mol. The molecule has 0 aliphatic carbocycles. The summed E-state index contributed by atoms with van der Waals surface area (Å²) in [5.74, 6) is 1.18. The van der Waals surface area contributed by atoms with Gasteiger partial charge in [-0.05, 0) is 38.0 Å². The van der Waals surface area contributed by atoms with Crippen LogP contribution in [0.25, 0.3) is 0 Å². The molecule has 0 radical (unpaired) electrons. The summed E-state index contributed by atoms with van der Waals surface area (Å²) in [6.07, 6.45) is -1.47. The summed E-state index contributed by atoms with van der Waals surface area (Å²) in [5, 5.41) is 6.48. The van der Waals surface area contributed by atoms with Crippen molar-refractivity contribution in [1.82, 2.24) is 10.6 Å². The standard InChI is InChI=1S/C16H25F2N3O.HI/c1-4-12(3)21-16(19-5-2)20-10-13-7-6-8-14(9-13)22-11-15(17)18;/h6-9,12,15H,4-5,10-11H2,1-3H3,(H2,19,20,21);1H.